The molecule has 2 rings (SSSR count). The van der Waals surface area contributed by atoms with Crippen molar-refractivity contribution in [2.75, 3.05) is 6.54 Å². The first-order valence-electron chi connectivity index (χ1n) is 6.21. The van der Waals surface area contributed by atoms with Gasteiger partial charge in [-0.15, -0.1) is 11.3 Å². The SMILES string of the molecule is N/C(=N/O)c1ccccc1CNCCc1ccc(Br)s1. The fraction of sp³-hybridized carbons (Fsp3) is 0.214. The molecule has 4 nitrogen and oxygen atoms in total. The van der Waals surface area contributed by atoms with Crippen molar-refractivity contribution in [1.29, 1.82) is 0 Å². The zero-order valence-electron chi connectivity index (χ0n) is 10.8. The number of nitrogens with zero attached hydrogens (tertiary/aromatic N) is 1. The highest BCUT2D eigenvalue weighted by Crippen LogP contribution is 2.22. The van der Waals surface area contributed by atoms with E-state index in [1.54, 1.807) is 11.3 Å². The molecule has 0 radical (unpaired) electrons. The average Bonchev–Trinajstić information content (AvgIpc) is 2.89. The molecule has 106 valence electrons. The Morgan fingerprint density at radius 3 is 2.80 bits per heavy atom. The molecule has 0 unspecified atom stereocenters. The number of nitrogens with one attached hydrogen (secondary N) is 1. The maximum atomic E-state index is 8.77. The maximum absolute atomic E-state index is 8.77. The Labute approximate surface area is 130 Å². The molecule has 0 bridgehead atoms. The van der Waals surface area contributed by atoms with Crippen LogP contribution in [0.2, 0.25) is 0 Å². The average molecular weight is 354 g/mol. The quantitative estimate of drug-likeness (QED) is 0.246. The minimum Gasteiger partial charge on any atom is -0.409 e. The van der Waals surface area contributed by atoms with Gasteiger partial charge in [0.2, 0.25) is 0 Å². The largest absolute Gasteiger partial charge is 0.409 e. The highest BCUT2D eigenvalue weighted by molar-refractivity contribution is 9.11. The highest BCUT2D eigenvalue weighted by Gasteiger charge is 2.05. The van der Waals surface area contributed by atoms with Gasteiger partial charge in [0.05, 0.1) is 3.79 Å². The second-order valence-corrected chi connectivity index (χ2v) is 6.82. The fourth-order valence-electron chi connectivity index (χ4n) is 1.90. The van der Waals surface area contributed by atoms with E-state index in [9.17, 15) is 0 Å². The predicted octanol–water partition coefficient (Wildman–Crippen LogP) is 2.94. The van der Waals surface area contributed by atoms with Crippen molar-refractivity contribution in [3.05, 3.63) is 56.2 Å². The van der Waals surface area contributed by atoms with Gasteiger partial charge in [0, 0.05) is 23.5 Å². The van der Waals surface area contributed by atoms with Crippen LogP contribution in [0.5, 0.6) is 0 Å². The number of nitrogens with two attached hydrogens (primary N) is 1. The van der Waals surface area contributed by atoms with Gasteiger partial charge in [-0.1, -0.05) is 29.4 Å². The zero-order valence-corrected chi connectivity index (χ0v) is 13.2. The van der Waals surface area contributed by atoms with Crippen molar-refractivity contribution >= 4 is 33.1 Å². The summed E-state index contributed by atoms with van der Waals surface area (Å²) in [5.74, 6) is 0.143. The molecule has 20 heavy (non-hydrogen) atoms. The first-order valence-corrected chi connectivity index (χ1v) is 7.82. The van der Waals surface area contributed by atoms with E-state index in [2.05, 4.69) is 38.5 Å². The van der Waals surface area contributed by atoms with E-state index in [-0.39, 0.29) is 5.84 Å². The lowest BCUT2D eigenvalue weighted by Crippen LogP contribution is -2.21. The van der Waals surface area contributed by atoms with Crippen molar-refractivity contribution in [3.63, 3.8) is 0 Å². The van der Waals surface area contributed by atoms with E-state index in [4.69, 9.17) is 10.9 Å². The van der Waals surface area contributed by atoms with Crippen LogP contribution in [0.3, 0.4) is 0 Å². The number of rotatable bonds is 6. The summed E-state index contributed by atoms with van der Waals surface area (Å²) in [5, 5.41) is 15.2. The summed E-state index contributed by atoms with van der Waals surface area (Å²) >= 11 is 5.21. The summed E-state index contributed by atoms with van der Waals surface area (Å²) in [6.45, 7) is 1.58. The molecule has 1 aromatic heterocycles. The van der Waals surface area contributed by atoms with Crippen LogP contribution in [0, 0.1) is 0 Å². The smallest absolute Gasteiger partial charge is 0.170 e. The second-order valence-electron chi connectivity index (χ2n) is 4.27. The van der Waals surface area contributed by atoms with Gasteiger partial charge in [-0.05, 0) is 40.0 Å². The molecular weight excluding hydrogens is 338 g/mol. The Balaban J connectivity index is 1.88. The molecule has 0 fully saturated rings. The first-order chi connectivity index (χ1) is 9.70. The third-order valence-electron chi connectivity index (χ3n) is 2.89. The highest BCUT2D eigenvalue weighted by atomic mass is 79.9. The van der Waals surface area contributed by atoms with Crippen molar-refractivity contribution in [2.45, 2.75) is 13.0 Å². The van der Waals surface area contributed by atoms with Gasteiger partial charge in [0.15, 0.2) is 5.84 Å². The molecule has 0 aliphatic carbocycles. The maximum Gasteiger partial charge on any atom is 0.170 e. The van der Waals surface area contributed by atoms with Crippen LogP contribution in [0.4, 0.5) is 0 Å². The third kappa shape index (κ3) is 4.06. The summed E-state index contributed by atoms with van der Waals surface area (Å²) in [5.41, 5.74) is 7.45. The van der Waals surface area contributed by atoms with Crippen LogP contribution < -0.4 is 11.1 Å². The van der Waals surface area contributed by atoms with Gasteiger partial charge in [-0.2, -0.15) is 0 Å². The number of halogens is 1. The normalized spacial score (nSPS) is 11.8. The van der Waals surface area contributed by atoms with Crippen LogP contribution in [0.25, 0.3) is 0 Å². The molecule has 0 atom stereocenters. The summed E-state index contributed by atoms with van der Waals surface area (Å²) in [6, 6.07) is 11.8. The van der Waals surface area contributed by atoms with E-state index >= 15 is 0 Å². The topological polar surface area (TPSA) is 70.6 Å². The minimum absolute atomic E-state index is 0.143. The van der Waals surface area contributed by atoms with Crippen LogP contribution >= 0.6 is 27.3 Å². The summed E-state index contributed by atoms with van der Waals surface area (Å²) in [4.78, 5) is 1.34. The molecule has 0 aliphatic heterocycles. The lowest BCUT2D eigenvalue weighted by atomic mass is 10.1. The number of hydrogen-bond acceptors (Lipinski definition) is 4. The molecule has 0 saturated heterocycles. The van der Waals surface area contributed by atoms with Crippen molar-refractivity contribution in [3.8, 4) is 0 Å². The first kappa shape index (κ1) is 15.0. The molecule has 0 aliphatic rings. The fourth-order valence-corrected chi connectivity index (χ4v) is 3.38. The molecule has 4 N–H and O–H groups in total. The monoisotopic (exact) mass is 353 g/mol. The second kappa shape index (κ2) is 7.42. The number of benzene rings is 1. The standard InChI is InChI=1S/C14H16BrN3OS/c15-13-6-5-11(20-13)7-8-17-9-10-3-1-2-4-12(10)14(16)18-19/h1-6,17,19H,7-9H2,(H2,16,18). The molecule has 0 amide bonds. The van der Waals surface area contributed by atoms with Crippen LogP contribution in [-0.4, -0.2) is 17.6 Å². The van der Waals surface area contributed by atoms with Gasteiger partial charge in [-0.3, -0.25) is 0 Å². The van der Waals surface area contributed by atoms with E-state index in [1.807, 2.05) is 24.3 Å². The number of amidine groups is 1. The van der Waals surface area contributed by atoms with Crippen molar-refractivity contribution < 1.29 is 5.21 Å². The Hall–Kier alpha value is -1.37. The molecule has 6 heteroatoms. The number of thiophene rings is 1. The molecular formula is C14H16BrN3OS. The van der Waals surface area contributed by atoms with E-state index in [0.717, 1.165) is 27.9 Å². The number of hydrogen-bond donors (Lipinski definition) is 3. The summed E-state index contributed by atoms with van der Waals surface area (Å²) in [6.07, 6.45) is 0.988. The Bertz CT molecular complexity index is 598. The molecule has 2 aromatic rings. The van der Waals surface area contributed by atoms with Crippen LogP contribution in [0.1, 0.15) is 16.0 Å². The van der Waals surface area contributed by atoms with Gasteiger partial charge >= 0.3 is 0 Å². The van der Waals surface area contributed by atoms with Crippen molar-refractivity contribution in [2.24, 2.45) is 10.9 Å². The van der Waals surface area contributed by atoms with Gasteiger partial charge in [-0.25, -0.2) is 0 Å². The van der Waals surface area contributed by atoms with Crippen LogP contribution in [0.15, 0.2) is 45.3 Å². The van der Waals surface area contributed by atoms with E-state index in [1.165, 1.54) is 4.88 Å². The third-order valence-corrected chi connectivity index (χ3v) is 4.58. The van der Waals surface area contributed by atoms with Gasteiger partial charge in [0.25, 0.3) is 0 Å². The van der Waals surface area contributed by atoms with Gasteiger partial charge < -0.3 is 16.3 Å². The van der Waals surface area contributed by atoms with Crippen LogP contribution in [-0.2, 0) is 13.0 Å². The number of oxime groups is 1. The predicted molar refractivity (Wildman–Crippen MR) is 86.4 cm³/mol. The molecule has 1 aromatic carbocycles. The van der Waals surface area contributed by atoms with Crippen molar-refractivity contribution in [1.82, 2.24) is 5.32 Å². The van der Waals surface area contributed by atoms with E-state index in [0.29, 0.717) is 6.54 Å². The Kier molecular flexibility index (Phi) is 5.58. The molecule has 0 spiro atoms. The van der Waals surface area contributed by atoms with E-state index < -0.39 is 0 Å². The zero-order chi connectivity index (χ0) is 14.4. The molecule has 1 heterocycles. The lowest BCUT2D eigenvalue weighted by molar-refractivity contribution is 0.318. The Morgan fingerprint density at radius 2 is 2.10 bits per heavy atom. The summed E-state index contributed by atoms with van der Waals surface area (Å²) < 4.78 is 1.16. The molecule has 0 saturated carbocycles. The van der Waals surface area contributed by atoms with Gasteiger partial charge in [0.1, 0.15) is 0 Å². The lowest BCUT2D eigenvalue weighted by Gasteiger charge is -2.09. The summed E-state index contributed by atoms with van der Waals surface area (Å²) in [7, 11) is 0. The minimum atomic E-state index is 0.143. The Morgan fingerprint density at radius 1 is 1.30 bits per heavy atom.